The summed E-state index contributed by atoms with van der Waals surface area (Å²) in [5.74, 6) is 1.57. The highest BCUT2D eigenvalue weighted by atomic mass is 32.2. The van der Waals surface area contributed by atoms with Gasteiger partial charge in [-0.1, -0.05) is 19.3 Å². The quantitative estimate of drug-likeness (QED) is 0.797. The predicted molar refractivity (Wildman–Crippen MR) is 103 cm³/mol. The summed E-state index contributed by atoms with van der Waals surface area (Å²) in [5.41, 5.74) is 2.38. The first-order valence-corrected chi connectivity index (χ1v) is 11.6. The van der Waals surface area contributed by atoms with Crippen LogP contribution in [0.15, 0.2) is 18.2 Å². The van der Waals surface area contributed by atoms with E-state index in [-0.39, 0.29) is 11.9 Å². The molecule has 2 fully saturated rings. The molecule has 1 aromatic rings. The number of amides is 1. The Bertz CT molecular complexity index is 820. The SMILES string of the molecule is C[C@@H]1Cc2cc(C(=O)N3CC[C@@H]4CCCC[C@@H]4C3)ccc2N1S(C)(=O)=O. The van der Waals surface area contributed by atoms with Crippen LogP contribution < -0.4 is 4.31 Å². The van der Waals surface area contributed by atoms with Crippen LogP contribution in [-0.4, -0.2) is 44.6 Å². The first-order chi connectivity index (χ1) is 12.3. The van der Waals surface area contributed by atoms with Gasteiger partial charge in [-0.2, -0.15) is 0 Å². The van der Waals surface area contributed by atoms with E-state index in [4.69, 9.17) is 0 Å². The minimum atomic E-state index is -3.29. The van der Waals surface area contributed by atoms with Crippen LogP contribution in [0.25, 0.3) is 0 Å². The monoisotopic (exact) mass is 376 g/mol. The molecule has 4 rings (SSSR count). The number of hydrogen-bond acceptors (Lipinski definition) is 3. The molecule has 3 aliphatic rings. The molecule has 2 heterocycles. The summed E-state index contributed by atoms with van der Waals surface area (Å²) in [6, 6.07) is 5.42. The van der Waals surface area contributed by atoms with Crippen LogP contribution in [0.1, 0.15) is 54.9 Å². The number of anilines is 1. The maximum Gasteiger partial charge on any atom is 0.253 e. The smallest absolute Gasteiger partial charge is 0.253 e. The molecular weight excluding hydrogens is 348 g/mol. The first-order valence-electron chi connectivity index (χ1n) is 9.76. The Hall–Kier alpha value is -1.56. The molecule has 0 unspecified atom stereocenters. The van der Waals surface area contributed by atoms with Gasteiger partial charge in [0.05, 0.1) is 11.9 Å². The molecule has 1 saturated heterocycles. The lowest BCUT2D eigenvalue weighted by atomic mass is 9.75. The molecule has 0 bridgehead atoms. The summed E-state index contributed by atoms with van der Waals surface area (Å²) >= 11 is 0. The van der Waals surface area contributed by atoms with Gasteiger partial charge in [0.1, 0.15) is 0 Å². The molecular formula is C20H28N2O3S. The maximum absolute atomic E-state index is 13.0. The van der Waals surface area contributed by atoms with Crippen molar-refractivity contribution in [2.45, 2.75) is 51.5 Å². The highest BCUT2D eigenvalue weighted by molar-refractivity contribution is 7.92. The van der Waals surface area contributed by atoms with Crippen LogP contribution in [0.4, 0.5) is 5.69 Å². The van der Waals surface area contributed by atoms with Crippen molar-refractivity contribution in [1.82, 2.24) is 4.90 Å². The molecule has 6 heteroatoms. The number of carbonyl (C=O) groups excluding carboxylic acids is 1. The lowest BCUT2D eigenvalue weighted by molar-refractivity contribution is 0.0521. The van der Waals surface area contributed by atoms with Crippen molar-refractivity contribution in [2.24, 2.45) is 11.8 Å². The zero-order valence-corrected chi connectivity index (χ0v) is 16.5. The molecule has 0 radical (unpaired) electrons. The van der Waals surface area contributed by atoms with Crippen LogP contribution in [0.2, 0.25) is 0 Å². The molecule has 0 spiro atoms. The third-order valence-electron chi connectivity index (χ3n) is 6.42. The third-order valence-corrected chi connectivity index (χ3v) is 7.69. The molecule has 0 N–H and O–H groups in total. The zero-order chi connectivity index (χ0) is 18.5. The summed E-state index contributed by atoms with van der Waals surface area (Å²) in [6.07, 6.45) is 8.24. The molecule has 1 aliphatic carbocycles. The number of hydrogen-bond donors (Lipinski definition) is 0. The zero-order valence-electron chi connectivity index (χ0n) is 15.6. The molecule has 26 heavy (non-hydrogen) atoms. The van der Waals surface area contributed by atoms with E-state index in [0.29, 0.717) is 17.9 Å². The van der Waals surface area contributed by atoms with E-state index in [1.807, 2.05) is 17.9 Å². The van der Waals surface area contributed by atoms with Crippen LogP contribution in [0.3, 0.4) is 0 Å². The second-order valence-corrected chi connectivity index (χ2v) is 10.2. The van der Waals surface area contributed by atoms with Gasteiger partial charge >= 0.3 is 0 Å². The summed E-state index contributed by atoms with van der Waals surface area (Å²) in [6.45, 7) is 3.64. The predicted octanol–water partition coefficient (Wildman–Crippen LogP) is 3.05. The first kappa shape index (κ1) is 17.8. The van der Waals surface area contributed by atoms with Crippen molar-refractivity contribution in [3.05, 3.63) is 29.3 Å². The van der Waals surface area contributed by atoms with Gasteiger partial charge < -0.3 is 4.90 Å². The highest BCUT2D eigenvalue weighted by Gasteiger charge is 2.35. The number of fused-ring (bicyclic) bond motifs is 2. The van der Waals surface area contributed by atoms with E-state index >= 15 is 0 Å². The third kappa shape index (κ3) is 3.13. The lowest BCUT2D eigenvalue weighted by Gasteiger charge is -2.41. The summed E-state index contributed by atoms with van der Waals surface area (Å²) in [4.78, 5) is 15.0. The van der Waals surface area contributed by atoms with Gasteiger partial charge in [-0.25, -0.2) is 8.42 Å². The average Bonchev–Trinajstić information content (AvgIpc) is 2.95. The van der Waals surface area contributed by atoms with Crippen molar-refractivity contribution in [1.29, 1.82) is 0 Å². The van der Waals surface area contributed by atoms with E-state index in [0.717, 1.165) is 36.7 Å². The minimum absolute atomic E-state index is 0.0941. The number of rotatable bonds is 2. The van der Waals surface area contributed by atoms with E-state index in [2.05, 4.69) is 0 Å². The summed E-state index contributed by atoms with van der Waals surface area (Å²) in [5, 5.41) is 0. The van der Waals surface area contributed by atoms with Crippen molar-refractivity contribution in [3.8, 4) is 0 Å². The number of benzene rings is 1. The fraction of sp³-hybridized carbons (Fsp3) is 0.650. The lowest BCUT2D eigenvalue weighted by Crippen LogP contribution is -2.44. The van der Waals surface area contributed by atoms with Crippen molar-refractivity contribution in [2.75, 3.05) is 23.7 Å². The van der Waals surface area contributed by atoms with Crippen molar-refractivity contribution in [3.63, 3.8) is 0 Å². The molecule has 142 valence electrons. The van der Waals surface area contributed by atoms with Crippen LogP contribution >= 0.6 is 0 Å². The van der Waals surface area contributed by atoms with Crippen molar-refractivity contribution < 1.29 is 13.2 Å². The number of sulfonamides is 1. The number of piperidine rings is 1. The Balaban J connectivity index is 1.54. The number of likely N-dealkylation sites (tertiary alicyclic amines) is 1. The van der Waals surface area contributed by atoms with Crippen LogP contribution in [-0.2, 0) is 16.4 Å². The Morgan fingerprint density at radius 3 is 2.58 bits per heavy atom. The molecule has 1 amide bonds. The Morgan fingerprint density at radius 1 is 1.12 bits per heavy atom. The van der Waals surface area contributed by atoms with E-state index in [9.17, 15) is 13.2 Å². The fourth-order valence-corrected chi connectivity index (χ4v) is 6.47. The topological polar surface area (TPSA) is 57.7 Å². The van der Waals surface area contributed by atoms with Gasteiger partial charge in [-0.05, 0) is 61.8 Å². The summed E-state index contributed by atoms with van der Waals surface area (Å²) in [7, 11) is -3.29. The van der Waals surface area contributed by atoms with Gasteiger partial charge in [0.15, 0.2) is 0 Å². The van der Waals surface area contributed by atoms with Crippen LogP contribution in [0, 0.1) is 11.8 Å². The average molecular weight is 377 g/mol. The Kier molecular flexibility index (Phi) is 4.49. The second-order valence-electron chi connectivity index (χ2n) is 8.30. The molecule has 3 atom stereocenters. The van der Waals surface area contributed by atoms with Gasteiger partial charge in [0, 0.05) is 24.7 Å². The number of carbonyl (C=O) groups is 1. The van der Waals surface area contributed by atoms with Gasteiger partial charge in [0.25, 0.3) is 5.91 Å². The molecule has 5 nitrogen and oxygen atoms in total. The van der Waals surface area contributed by atoms with Gasteiger partial charge in [0.2, 0.25) is 10.0 Å². The van der Waals surface area contributed by atoms with Gasteiger partial charge in [-0.3, -0.25) is 9.10 Å². The van der Waals surface area contributed by atoms with E-state index < -0.39 is 10.0 Å². The molecule has 0 aromatic heterocycles. The fourth-order valence-electron chi connectivity index (χ4n) is 5.21. The van der Waals surface area contributed by atoms with E-state index in [1.54, 1.807) is 12.1 Å². The Morgan fingerprint density at radius 2 is 1.85 bits per heavy atom. The van der Waals surface area contributed by atoms with E-state index in [1.165, 1.54) is 36.2 Å². The molecule has 1 saturated carbocycles. The Labute approximate surface area is 156 Å². The van der Waals surface area contributed by atoms with Crippen molar-refractivity contribution >= 4 is 21.6 Å². The number of nitrogens with zero attached hydrogens (tertiary/aromatic N) is 2. The minimum Gasteiger partial charge on any atom is -0.338 e. The maximum atomic E-state index is 13.0. The largest absolute Gasteiger partial charge is 0.338 e. The van der Waals surface area contributed by atoms with Crippen LogP contribution in [0.5, 0.6) is 0 Å². The highest BCUT2D eigenvalue weighted by Crippen LogP contribution is 2.38. The van der Waals surface area contributed by atoms with Gasteiger partial charge in [-0.15, -0.1) is 0 Å². The normalized spacial score (nSPS) is 28.6. The molecule has 1 aromatic carbocycles. The molecule has 2 aliphatic heterocycles. The second kappa shape index (κ2) is 6.55. The standard InChI is InChI=1S/C20H28N2O3S/c1-14-11-18-12-16(7-8-19(18)22(14)26(2,24)25)20(23)21-10-9-15-5-3-4-6-17(15)13-21/h7-8,12,14-15,17H,3-6,9-11,13H2,1-2H3/t14-,15+,17-/m1/s1. The summed E-state index contributed by atoms with van der Waals surface area (Å²) < 4.78 is 25.6.